The van der Waals surface area contributed by atoms with Gasteiger partial charge >= 0.3 is 0 Å². The molecule has 4 atom stereocenters. The normalized spacial score (nSPS) is 28.0. The van der Waals surface area contributed by atoms with E-state index >= 15 is 0 Å². The van der Waals surface area contributed by atoms with Crippen LogP contribution in [0, 0.1) is 37.5 Å². The van der Waals surface area contributed by atoms with Gasteiger partial charge in [0.05, 0.1) is 18.1 Å². The average molecular weight is 452 g/mol. The fourth-order valence-electron chi connectivity index (χ4n) is 5.20. The number of nitrogens with zero attached hydrogens (tertiary/aromatic N) is 3. The van der Waals surface area contributed by atoms with Gasteiger partial charge in [-0.25, -0.2) is 0 Å². The molecule has 1 aliphatic heterocycles. The van der Waals surface area contributed by atoms with Crippen molar-refractivity contribution in [2.24, 2.45) is 28.8 Å². The molecule has 1 aromatic carbocycles. The molecule has 0 spiro atoms. The second kappa shape index (κ2) is 6.80. The highest BCUT2D eigenvalue weighted by Gasteiger charge is 2.56. The Kier molecular flexibility index (Phi) is 4.35. The smallest absolute Gasteiger partial charge is 0.254 e. The minimum absolute atomic E-state index is 0.142. The van der Waals surface area contributed by atoms with Gasteiger partial charge in [-0.15, -0.1) is 0 Å². The number of fused-ring (bicyclic) bond motifs is 1. The summed E-state index contributed by atoms with van der Waals surface area (Å²) in [5.41, 5.74) is 4.06. The molecule has 3 aliphatic carbocycles. The van der Waals surface area contributed by atoms with Crippen LogP contribution in [0.4, 0.5) is 0 Å². The first kappa shape index (κ1) is 18.6. The molecule has 2 fully saturated rings. The molecular formula is C23H22BrN3O2. The molecule has 2 bridgehead atoms. The first-order valence-electron chi connectivity index (χ1n) is 10.0. The number of amides is 2. The maximum Gasteiger partial charge on any atom is 0.254 e. The summed E-state index contributed by atoms with van der Waals surface area (Å²) in [6, 6.07) is 10.1. The molecule has 6 rings (SSSR count). The summed E-state index contributed by atoms with van der Waals surface area (Å²) in [4.78, 5) is 25.8. The third-order valence-electron chi connectivity index (χ3n) is 6.60. The third-order valence-corrected chi connectivity index (χ3v) is 7.13. The number of carbonyl (C=O) groups is 2. The lowest BCUT2D eigenvalue weighted by molar-refractivity contribution is -0.140. The van der Waals surface area contributed by atoms with Gasteiger partial charge in [-0.1, -0.05) is 28.1 Å². The molecule has 148 valence electrons. The predicted molar refractivity (Wildman–Crippen MR) is 115 cm³/mol. The molecule has 2 aromatic rings. The first-order chi connectivity index (χ1) is 14.0. The van der Waals surface area contributed by atoms with E-state index in [1.54, 1.807) is 6.21 Å². The van der Waals surface area contributed by atoms with Gasteiger partial charge in [-0.3, -0.25) is 9.59 Å². The molecule has 2 amide bonds. The molecule has 0 N–H and O–H groups in total. The summed E-state index contributed by atoms with van der Waals surface area (Å²) in [6.45, 7) is 4.06. The standard InChI is InChI=1S/C23H22BrN3O2/c1-13-11-17(14(2)26(13)19-9-7-18(24)8-10-19)12-25-27-22(28)20-15-3-4-16(6-5-15)21(20)23(27)29/h3-4,7-12,15-16,20-21H,5-6H2,1-2H3/b25-12-/t15-,16-,20-,21-/m0/s1. The number of imide groups is 1. The second-order valence-corrected chi connectivity index (χ2v) is 9.13. The lowest BCUT2D eigenvalue weighted by atomic mass is 9.63. The van der Waals surface area contributed by atoms with E-state index in [0.717, 1.165) is 45.0 Å². The summed E-state index contributed by atoms with van der Waals surface area (Å²) in [5, 5.41) is 5.48. The number of hydrazone groups is 1. The van der Waals surface area contributed by atoms with Crippen molar-refractivity contribution in [2.75, 3.05) is 0 Å². The second-order valence-electron chi connectivity index (χ2n) is 8.21. The summed E-state index contributed by atoms with van der Waals surface area (Å²) in [5.74, 6) is -0.362. The Hall–Kier alpha value is -2.47. The minimum atomic E-state index is -0.224. The van der Waals surface area contributed by atoms with Crippen molar-refractivity contribution in [3.05, 3.63) is 63.9 Å². The van der Waals surface area contributed by atoms with Crippen LogP contribution in [0.5, 0.6) is 0 Å². The highest BCUT2D eigenvalue weighted by molar-refractivity contribution is 9.10. The summed E-state index contributed by atoms with van der Waals surface area (Å²) < 4.78 is 3.17. The highest BCUT2D eigenvalue weighted by atomic mass is 79.9. The van der Waals surface area contributed by atoms with E-state index in [1.807, 2.05) is 44.2 Å². The molecule has 1 saturated heterocycles. The largest absolute Gasteiger partial charge is 0.318 e. The van der Waals surface area contributed by atoms with E-state index in [4.69, 9.17) is 0 Å². The minimum Gasteiger partial charge on any atom is -0.318 e. The van der Waals surface area contributed by atoms with Gasteiger partial charge < -0.3 is 4.57 Å². The molecule has 6 heteroatoms. The van der Waals surface area contributed by atoms with Crippen molar-refractivity contribution in [3.63, 3.8) is 0 Å². The van der Waals surface area contributed by atoms with Gasteiger partial charge in [-0.05, 0) is 68.9 Å². The number of hydrogen-bond acceptors (Lipinski definition) is 3. The zero-order chi connectivity index (χ0) is 20.3. The Morgan fingerprint density at radius 1 is 1.00 bits per heavy atom. The number of aromatic nitrogens is 1. The average Bonchev–Trinajstić information content (AvgIpc) is 3.16. The lowest BCUT2D eigenvalue weighted by Gasteiger charge is -2.37. The number of hydrogen-bond donors (Lipinski definition) is 0. The molecule has 0 radical (unpaired) electrons. The van der Waals surface area contributed by atoms with E-state index in [0.29, 0.717) is 0 Å². The van der Waals surface area contributed by atoms with Crippen molar-refractivity contribution in [1.82, 2.24) is 9.58 Å². The quantitative estimate of drug-likeness (QED) is 0.394. The fourth-order valence-corrected chi connectivity index (χ4v) is 5.46. The van der Waals surface area contributed by atoms with Crippen LogP contribution < -0.4 is 0 Å². The van der Waals surface area contributed by atoms with Crippen LogP contribution in [0.3, 0.4) is 0 Å². The van der Waals surface area contributed by atoms with Crippen LogP contribution in [0.2, 0.25) is 0 Å². The molecule has 5 nitrogen and oxygen atoms in total. The van der Waals surface area contributed by atoms with Gasteiger partial charge in [0.25, 0.3) is 11.8 Å². The zero-order valence-corrected chi connectivity index (χ0v) is 18.0. The monoisotopic (exact) mass is 451 g/mol. The van der Waals surface area contributed by atoms with E-state index in [-0.39, 0.29) is 35.5 Å². The Bertz CT molecular complexity index is 1030. The number of carbonyl (C=O) groups excluding carboxylic acids is 2. The number of rotatable bonds is 3. The van der Waals surface area contributed by atoms with Crippen molar-refractivity contribution < 1.29 is 9.59 Å². The van der Waals surface area contributed by atoms with Crippen LogP contribution in [-0.4, -0.2) is 27.6 Å². The van der Waals surface area contributed by atoms with Crippen LogP contribution >= 0.6 is 15.9 Å². The van der Waals surface area contributed by atoms with Crippen LogP contribution in [-0.2, 0) is 9.59 Å². The fraction of sp³-hybridized carbons (Fsp3) is 0.348. The summed E-state index contributed by atoms with van der Waals surface area (Å²) in [6.07, 6.45) is 7.89. The van der Waals surface area contributed by atoms with E-state index in [9.17, 15) is 9.59 Å². The maximum atomic E-state index is 12.9. The zero-order valence-electron chi connectivity index (χ0n) is 16.4. The van der Waals surface area contributed by atoms with Gasteiger partial charge in [0.15, 0.2) is 0 Å². The van der Waals surface area contributed by atoms with Crippen LogP contribution in [0.15, 0.2) is 52.1 Å². The maximum absolute atomic E-state index is 12.9. The molecule has 29 heavy (non-hydrogen) atoms. The number of aryl methyl sites for hydroxylation is 1. The van der Waals surface area contributed by atoms with Crippen LogP contribution in [0.25, 0.3) is 5.69 Å². The van der Waals surface area contributed by atoms with Crippen molar-refractivity contribution in [1.29, 1.82) is 0 Å². The number of halogens is 1. The van der Waals surface area contributed by atoms with E-state index in [1.165, 1.54) is 0 Å². The molecular weight excluding hydrogens is 430 g/mol. The molecule has 4 aliphatic rings. The number of benzene rings is 1. The molecule has 1 aromatic heterocycles. The van der Waals surface area contributed by atoms with Crippen LogP contribution in [0.1, 0.15) is 29.8 Å². The Morgan fingerprint density at radius 3 is 2.14 bits per heavy atom. The van der Waals surface area contributed by atoms with Crippen molar-refractivity contribution in [3.8, 4) is 5.69 Å². The Morgan fingerprint density at radius 2 is 1.59 bits per heavy atom. The Labute approximate surface area is 178 Å². The highest BCUT2D eigenvalue weighted by Crippen LogP contribution is 2.49. The van der Waals surface area contributed by atoms with Crippen molar-refractivity contribution >= 4 is 34.0 Å². The predicted octanol–water partition coefficient (Wildman–Crippen LogP) is 4.39. The third kappa shape index (κ3) is 2.84. The van der Waals surface area contributed by atoms with E-state index in [2.05, 4.69) is 37.8 Å². The van der Waals surface area contributed by atoms with Gasteiger partial charge in [0, 0.05) is 27.1 Å². The van der Waals surface area contributed by atoms with Gasteiger partial charge in [0.2, 0.25) is 0 Å². The molecule has 2 heterocycles. The molecule has 1 saturated carbocycles. The topological polar surface area (TPSA) is 54.7 Å². The molecule has 0 unspecified atom stereocenters. The lowest BCUT2D eigenvalue weighted by Crippen LogP contribution is -2.38. The summed E-state index contributed by atoms with van der Waals surface area (Å²) >= 11 is 3.47. The van der Waals surface area contributed by atoms with Gasteiger partial charge in [0.1, 0.15) is 0 Å². The van der Waals surface area contributed by atoms with E-state index < -0.39 is 0 Å². The number of allylic oxidation sites excluding steroid dienone is 2. The summed E-state index contributed by atoms with van der Waals surface area (Å²) in [7, 11) is 0. The SMILES string of the molecule is Cc1cc(/C=N\N2C(=O)[C@@H]3[C@@H](C2=O)[C@H]2C=C[C@H]3CC2)c(C)n1-c1ccc(Br)cc1. The first-order valence-corrected chi connectivity index (χ1v) is 10.8. The Balaban J connectivity index is 1.44. The van der Waals surface area contributed by atoms with Crippen molar-refractivity contribution in [2.45, 2.75) is 26.7 Å². The van der Waals surface area contributed by atoms with Gasteiger partial charge in [-0.2, -0.15) is 10.1 Å².